The first-order valence-electron chi connectivity index (χ1n) is 9.42. The maximum Gasteiger partial charge on any atom is 0.153 e. The van der Waals surface area contributed by atoms with Crippen LogP contribution >= 0.6 is 0 Å². The molecule has 0 saturated heterocycles. The Balaban J connectivity index is 1.73. The van der Waals surface area contributed by atoms with Crippen LogP contribution in [0.5, 0.6) is 0 Å². The lowest BCUT2D eigenvalue weighted by Gasteiger charge is -2.05. The number of aryl methyl sites for hydroxylation is 1. The predicted octanol–water partition coefficient (Wildman–Crippen LogP) is 5.48. The number of aldehydes is 1. The van der Waals surface area contributed by atoms with E-state index >= 15 is 0 Å². The first kappa shape index (κ1) is 16.5. The Morgan fingerprint density at radius 3 is 2.43 bits per heavy atom. The zero-order valence-corrected chi connectivity index (χ0v) is 15.5. The van der Waals surface area contributed by atoms with Crippen molar-refractivity contribution in [3.05, 3.63) is 84.6 Å². The number of nitrogens with zero attached hydrogens (tertiary/aromatic N) is 3. The summed E-state index contributed by atoms with van der Waals surface area (Å²) in [5.74, 6) is 0. The van der Waals surface area contributed by atoms with Crippen LogP contribution in [-0.4, -0.2) is 20.6 Å². The second-order valence-electron chi connectivity index (χ2n) is 6.82. The van der Waals surface area contributed by atoms with E-state index in [4.69, 9.17) is 5.10 Å². The van der Waals surface area contributed by atoms with E-state index in [1.54, 1.807) is 10.9 Å². The maximum absolute atomic E-state index is 11.7. The summed E-state index contributed by atoms with van der Waals surface area (Å²) in [5.41, 5.74) is 5.55. The van der Waals surface area contributed by atoms with Gasteiger partial charge in [0.05, 0.1) is 11.3 Å². The Bertz CT molecular complexity index is 1310. The molecule has 2 aromatic heterocycles. The summed E-state index contributed by atoms with van der Waals surface area (Å²) in [6.07, 6.45) is 2.67. The van der Waals surface area contributed by atoms with Crippen molar-refractivity contribution in [2.75, 3.05) is 0 Å². The molecule has 0 radical (unpaired) electrons. The van der Waals surface area contributed by atoms with Crippen LogP contribution in [0.15, 0.2) is 79.0 Å². The minimum absolute atomic E-state index is 0.586. The van der Waals surface area contributed by atoms with Crippen molar-refractivity contribution < 1.29 is 4.79 Å². The molecule has 5 aromatic rings. The minimum atomic E-state index is 0.586. The van der Waals surface area contributed by atoms with E-state index in [0.717, 1.165) is 29.6 Å². The summed E-state index contributed by atoms with van der Waals surface area (Å²) in [6.45, 7) is 3.03. The molecule has 0 unspecified atom stereocenters. The fraction of sp³-hybridized carbons (Fsp3) is 0.0833. The fourth-order valence-corrected chi connectivity index (χ4v) is 3.95. The minimum Gasteiger partial charge on any atom is -0.341 e. The third kappa shape index (κ3) is 2.46. The topological polar surface area (TPSA) is 39.8 Å². The summed E-state index contributed by atoms with van der Waals surface area (Å²) < 4.78 is 4.07. The molecule has 4 heteroatoms. The van der Waals surface area contributed by atoms with Crippen molar-refractivity contribution in [2.24, 2.45) is 0 Å². The highest BCUT2D eigenvalue weighted by atomic mass is 16.1. The molecule has 136 valence electrons. The fourth-order valence-electron chi connectivity index (χ4n) is 3.95. The predicted molar refractivity (Wildman–Crippen MR) is 113 cm³/mol. The van der Waals surface area contributed by atoms with Gasteiger partial charge in [0.2, 0.25) is 0 Å². The molecule has 2 heterocycles. The van der Waals surface area contributed by atoms with E-state index < -0.39 is 0 Å². The number of aromatic nitrogens is 3. The van der Waals surface area contributed by atoms with Crippen molar-refractivity contribution in [2.45, 2.75) is 13.5 Å². The molecule has 0 spiro atoms. The van der Waals surface area contributed by atoms with Crippen LogP contribution in [0.3, 0.4) is 0 Å². The Hall–Kier alpha value is -3.66. The number of rotatable bonds is 4. The van der Waals surface area contributed by atoms with Gasteiger partial charge in [-0.1, -0.05) is 48.5 Å². The molecule has 0 fully saturated rings. The first-order valence-corrected chi connectivity index (χ1v) is 9.42. The molecule has 0 bridgehead atoms. The number of hydrogen-bond acceptors (Lipinski definition) is 2. The van der Waals surface area contributed by atoms with E-state index in [0.29, 0.717) is 11.3 Å². The van der Waals surface area contributed by atoms with Crippen LogP contribution in [-0.2, 0) is 6.54 Å². The van der Waals surface area contributed by atoms with Gasteiger partial charge in [0.25, 0.3) is 0 Å². The summed E-state index contributed by atoms with van der Waals surface area (Å²) in [4.78, 5) is 11.7. The number of para-hydroxylation sites is 2. The van der Waals surface area contributed by atoms with Crippen LogP contribution in [0.4, 0.5) is 0 Å². The summed E-state index contributed by atoms with van der Waals surface area (Å²) >= 11 is 0. The summed E-state index contributed by atoms with van der Waals surface area (Å²) in [6, 6.07) is 24.6. The Labute approximate surface area is 162 Å². The highest BCUT2D eigenvalue weighted by Crippen LogP contribution is 2.33. The number of carbonyl (C=O) groups is 1. The van der Waals surface area contributed by atoms with E-state index in [2.05, 4.69) is 54.0 Å². The lowest BCUT2D eigenvalue weighted by atomic mass is 10.1. The average molecular weight is 365 g/mol. The molecular formula is C24H19N3O. The SMILES string of the molecule is CCn1c2ccccc2c2ccc(-c3nn(-c4ccccc4)cc3C=O)cc21. The molecule has 0 aliphatic heterocycles. The zero-order valence-electron chi connectivity index (χ0n) is 15.5. The second kappa shape index (κ2) is 6.50. The zero-order chi connectivity index (χ0) is 19.1. The van der Waals surface area contributed by atoms with Gasteiger partial charge < -0.3 is 4.57 Å². The van der Waals surface area contributed by atoms with Gasteiger partial charge in [-0.15, -0.1) is 0 Å². The number of carbonyl (C=O) groups excluding carboxylic acids is 1. The molecule has 5 rings (SSSR count). The van der Waals surface area contributed by atoms with E-state index in [1.807, 2.05) is 30.3 Å². The van der Waals surface area contributed by atoms with E-state index in [-0.39, 0.29) is 0 Å². The van der Waals surface area contributed by atoms with Gasteiger partial charge in [-0.2, -0.15) is 5.10 Å². The van der Waals surface area contributed by atoms with E-state index in [1.165, 1.54) is 16.3 Å². The van der Waals surface area contributed by atoms with Crippen molar-refractivity contribution >= 4 is 28.1 Å². The van der Waals surface area contributed by atoms with Crippen molar-refractivity contribution in [1.29, 1.82) is 0 Å². The van der Waals surface area contributed by atoms with Gasteiger partial charge in [0, 0.05) is 40.1 Å². The smallest absolute Gasteiger partial charge is 0.153 e. The third-order valence-corrected chi connectivity index (χ3v) is 5.25. The highest BCUT2D eigenvalue weighted by molar-refractivity contribution is 6.09. The highest BCUT2D eigenvalue weighted by Gasteiger charge is 2.15. The Kier molecular flexibility index (Phi) is 3.83. The Morgan fingerprint density at radius 2 is 1.64 bits per heavy atom. The van der Waals surface area contributed by atoms with Gasteiger partial charge in [-0.3, -0.25) is 4.79 Å². The van der Waals surface area contributed by atoms with Crippen LogP contribution in [0, 0.1) is 0 Å². The van der Waals surface area contributed by atoms with Gasteiger partial charge in [0.1, 0.15) is 5.69 Å². The number of benzene rings is 3. The monoisotopic (exact) mass is 365 g/mol. The van der Waals surface area contributed by atoms with Crippen molar-refractivity contribution in [3.63, 3.8) is 0 Å². The molecule has 3 aromatic carbocycles. The summed E-state index contributed by atoms with van der Waals surface area (Å²) in [5, 5.41) is 7.18. The van der Waals surface area contributed by atoms with Gasteiger partial charge in [-0.25, -0.2) is 4.68 Å². The lowest BCUT2D eigenvalue weighted by Crippen LogP contribution is -1.95. The van der Waals surface area contributed by atoms with Crippen LogP contribution < -0.4 is 0 Å². The summed E-state index contributed by atoms with van der Waals surface area (Å²) in [7, 11) is 0. The molecule has 0 aliphatic carbocycles. The van der Waals surface area contributed by atoms with E-state index in [9.17, 15) is 4.79 Å². The Morgan fingerprint density at radius 1 is 0.893 bits per heavy atom. The molecule has 4 nitrogen and oxygen atoms in total. The first-order chi connectivity index (χ1) is 13.8. The molecule has 0 aliphatic rings. The normalized spacial score (nSPS) is 11.3. The molecule has 0 saturated carbocycles. The largest absolute Gasteiger partial charge is 0.341 e. The molecule has 0 amide bonds. The maximum atomic E-state index is 11.7. The second-order valence-corrected chi connectivity index (χ2v) is 6.82. The molecular weight excluding hydrogens is 346 g/mol. The standard InChI is InChI=1S/C24H19N3O/c1-2-26-22-11-7-6-10-20(22)21-13-12-17(14-23(21)26)24-18(16-28)15-27(25-24)19-8-4-3-5-9-19/h3-16H,2H2,1H3. The van der Waals surface area contributed by atoms with Crippen LogP contribution in [0.1, 0.15) is 17.3 Å². The third-order valence-electron chi connectivity index (χ3n) is 5.25. The average Bonchev–Trinajstić information content (AvgIpc) is 3.33. The lowest BCUT2D eigenvalue weighted by molar-refractivity contribution is 0.112. The number of fused-ring (bicyclic) bond motifs is 3. The van der Waals surface area contributed by atoms with Gasteiger partial charge >= 0.3 is 0 Å². The molecule has 0 atom stereocenters. The molecule has 0 N–H and O–H groups in total. The van der Waals surface area contributed by atoms with Crippen LogP contribution in [0.25, 0.3) is 38.8 Å². The van der Waals surface area contributed by atoms with Gasteiger partial charge in [0.15, 0.2) is 6.29 Å². The van der Waals surface area contributed by atoms with Crippen LogP contribution in [0.2, 0.25) is 0 Å². The molecule has 28 heavy (non-hydrogen) atoms. The quantitative estimate of drug-likeness (QED) is 0.396. The number of hydrogen-bond donors (Lipinski definition) is 0. The van der Waals surface area contributed by atoms with Gasteiger partial charge in [-0.05, 0) is 31.2 Å². The van der Waals surface area contributed by atoms with Crippen molar-refractivity contribution in [1.82, 2.24) is 14.3 Å². The van der Waals surface area contributed by atoms with Crippen molar-refractivity contribution in [3.8, 4) is 16.9 Å².